The topological polar surface area (TPSA) is 80.7 Å². The minimum atomic E-state index is -4.01. The van der Waals surface area contributed by atoms with Crippen LogP contribution in [0.15, 0.2) is 30.5 Å². The lowest BCUT2D eigenvalue weighted by atomic mass is 9.96. The first-order chi connectivity index (χ1) is 21.0. The van der Waals surface area contributed by atoms with E-state index >= 15 is 13.2 Å². The molecule has 0 spiro atoms. The average molecular weight is 632 g/mol. The highest BCUT2D eigenvalue weighted by atomic mass is 35.5. The van der Waals surface area contributed by atoms with Crippen molar-refractivity contribution in [3.05, 3.63) is 47.7 Å². The van der Waals surface area contributed by atoms with E-state index in [0.29, 0.717) is 38.5 Å². The number of hydrogen-bond acceptors (Lipinski definition) is 8. The van der Waals surface area contributed by atoms with Crippen molar-refractivity contribution in [3.63, 3.8) is 0 Å². The van der Waals surface area contributed by atoms with Crippen LogP contribution in [0.5, 0.6) is 5.75 Å². The van der Waals surface area contributed by atoms with Crippen molar-refractivity contribution < 1.29 is 22.7 Å². The van der Waals surface area contributed by atoms with Crippen molar-refractivity contribution in [3.8, 4) is 17.0 Å². The molecule has 44 heavy (non-hydrogen) atoms. The molecule has 2 aromatic carbocycles. The zero-order chi connectivity index (χ0) is 31.3. The van der Waals surface area contributed by atoms with Crippen LogP contribution in [0.4, 0.5) is 29.3 Å². The second kappa shape index (κ2) is 11.8. The van der Waals surface area contributed by atoms with Crippen molar-refractivity contribution in [2.24, 2.45) is 0 Å². The Morgan fingerprint density at radius 3 is 2.50 bits per heavy atom. The van der Waals surface area contributed by atoms with Gasteiger partial charge in [-0.15, -0.1) is 0 Å². The van der Waals surface area contributed by atoms with Gasteiger partial charge in [-0.05, 0) is 54.7 Å². The maximum atomic E-state index is 15.6. The highest BCUT2D eigenvalue weighted by molar-refractivity contribution is 6.23. The van der Waals surface area contributed by atoms with Gasteiger partial charge in [0.1, 0.15) is 11.6 Å². The summed E-state index contributed by atoms with van der Waals surface area (Å²) in [4.78, 5) is 20.2. The smallest absolute Gasteiger partial charge is 0.352 e. The number of aromatic nitrogens is 3. The maximum Gasteiger partial charge on any atom is 0.352 e. The second-order valence-electron chi connectivity index (χ2n) is 11.3. The summed E-state index contributed by atoms with van der Waals surface area (Å²) in [6, 6.07) is 4.93. The van der Waals surface area contributed by atoms with Crippen molar-refractivity contribution in [1.82, 2.24) is 25.2 Å². The molecule has 2 aliphatic heterocycles. The van der Waals surface area contributed by atoms with Crippen molar-refractivity contribution in [1.29, 1.82) is 0 Å². The highest BCUT2D eigenvalue weighted by Gasteiger charge is 2.39. The van der Waals surface area contributed by atoms with Gasteiger partial charge in [-0.25, -0.2) is 13.8 Å². The average Bonchev–Trinajstić information content (AvgIpc) is 2.98. The first-order valence-corrected chi connectivity index (χ1v) is 15.3. The zero-order valence-electron chi connectivity index (χ0n) is 24.7. The number of rotatable bonds is 8. The van der Waals surface area contributed by atoms with E-state index in [1.54, 1.807) is 0 Å². The van der Waals surface area contributed by atoms with E-state index in [2.05, 4.69) is 41.0 Å². The van der Waals surface area contributed by atoms with Gasteiger partial charge in [-0.3, -0.25) is 9.88 Å². The summed E-state index contributed by atoms with van der Waals surface area (Å²) in [5.41, 5.74) is -1.54. The normalized spacial score (nSPS) is 18.1. The van der Waals surface area contributed by atoms with Gasteiger partial charge in [-0.2, -0.15) is 13.8 Å². The Bertz CT molecular complexity index is 1710. The molecule has 6 rings (SSSR count). The lowest BCUT2D eigenvalue weighted by Gasteiger charge is -2.45. The molecule has 4 aromatic rings. The molecule has 0 amide bonds. The van der Waals surface area contributed by atoms with Crippen molar-refractivity contribution in [2.45, 2.75) is 44.7 Å². The largest absolute Gasteiger partial charge is 0.508 e. The van der Waals surface area contributed by atoms with Crippen molar-refractivity contribution >= 4 is 45.0 Å². The fraction of sp³-hybridized carbons (Fsp3) is 0.452. The molecule has 1 unspecified atom stereocenters. The third-order valence-electron chi connectivity index (χ3n) is 8.76. The molecule has 0 saturated carbocycles. The number of likely N-dealkylation sites (N-methyl/N-ethyl adjacent to an activating group) is 1. The van der Waals surface area contributed by atoms with E-state index in [4.69, 9.17) is 16.6 Å². The van der Waals surface area contributed by atoms with Crippen LogP contribution >= 0.6 is 11.6 Å². The predicted molar refractivity (Wildman–Crippen MR) is 165 cm³/mol. The van der Waals surface area contributed by atoms with Gasteiger partial charge >= 0.3 is 5.38 Å². The quantitative estimate of drug-likeness (QED) is 0.186. The van der Waals surface area contributed by atoms with Gasteiger partial charge in [0.25, 0.3) is 0 Å². The summed E-state index contributed by atoms with van der Waals surface area (Å²) in [5, 5.41) is 9.98. The standard InChI is InChI=1S/C31H34ClF4N7O/c1-4-18-14-42(10-9-37-18)29-22-13-38-27(21-12-20(44)11-17-7-8-23(33)26(34)24(17)21)25(31(32,35)36)28(22)39-30(40-29)43-15-19(16-43)41(5-2)6-3/h7-8,11-13,18-19,37,44H,4-6,9-10,14-16H2,1-3H3. The number of nitrogens with zero attached hydrogens (tertiary/aromatic N) is 6. The number of phenols is 1. The molecule has 1 atom stereocenters. The molecule has 13 heteroatoms. The number of piperazine rings is 1. The van der Waals surface area contributed by atoms with E-state index in [1.807, 2.05) is 9.80 Å². The van der Waals surface area contributed by atoms with Crippen LogP contribution in [0.25, 0.3) is 32.9 Å². The Morgan fingerprint density at radius 2 is 1.82 bits per heavy atom. The van der Waals surface area contributed by atoms with Gasteiger partial charge < -0.3 is 20.2 Å². The number of pyridine rings is 1. The lowest BCUT2D eigenvalue weighted by molar-refractivity contribution is 0.0969. The molecule has 0 radical (unpaired) electrons. The van der Waals surface area contributed by atoms with E-state index in [9.17, 15) is 9.50 Å². The van der Waals surface area contributed by atoms with Gasteiger partial charge in [0.2, 0.25) is 5.95 Å². The summed E-state index contributed by atoms with van der Waals surface area (Å²) in [6.45, 7) is 11.1. The third-order valence-corrected chi connectivity index (χ3v) is 8.95. The molecule has 8 nitrogen and oxygen atoms in total. The van der Waals surface area contributed by atoms with E-state index < -0.39 is 28.3 Å². The van der Waals surface area contributed by atoms with Gasteiger partial charge in [0.05, 0.1) is 22.2 Å². The van der Waals surface area contributed by atoms with Crippen LogP contribution in [0.2, 0.25) is 0 Å². The molecular weight excluding hydrogens is 598 g/mol. The highest BCUT2D eigenvalue weighted by Crippen LogP contribution is 2.46. The molecule has 2 aliphatic rings. The Morgan fingerprint density at radius 1 is 1.07 bits per heavy atom. The van der Waals surface area contributed by atoms with Crippen LogP contribution in [0.1, 0.15) is 32.8 Å². The molecule has 2 aromatic heterocycles. The number of anilines is 2. The molecular formula is C31H34ClF4N7O. The molecule has 0 bridgehead atoms. The number of phenolic OH excluding ortho intramolecular Hbond substituents is 1. The number of nitrogens with one attached hydrogen (secondary N) is 1. The van der Waals surface area contributed by atoms with Gasteiger partial charge in [0.15, 0.2) is 11.6 Å². The van der Waals surface area contributed by atoms with Crippen LogP contribution < -0.4 is 15.1 Å². The monoisotopic (exact) mass is 631 g/mol. The first kappa shape index (κ1) is 30.5. The van der Waals surface area contributed by atoms with Gasteiger partial charge in [0, 0.05) is 62.0 Å². The number of aromatic hydroxyl groups is 1. The van der Waals surface area contributed by atoms with E-state index in [1.165, 1.54) is 18.3 Å². The SMILES string of the molecule is CCC1CN(c2nc(N3CC(N(CC)CC)C3)nc3c(C(F)(F)Cl)c(-c4cc(O)cc5ccc(F)c(F)c45)ncc23)CCN1. The van der Waals surface area contributed by atoms with E-state index in [0.717, 1.165) is 31.6 Å². The van der Waals surface area contributed by atoms with E-state index in [-0.39, 0.29) is 51.0 Å². The van der Waals surface area contributed by atoms with Crippen LogP contribution in [-0.4, -0.2) is 82.9 Å². The summed E-state index contributed by atoms with van der Waals surface area (Å²) >= 11 is 5.81. The molecule has 4 heterocycles. The predicted octanol–water partition coefficient (Wildman–Crippen LogP) is 5.84. The first-order valence-electron chi connectivity index (χ1n) is 14.9. The number of alkyl halides is 3. The number of fused-ring (bicyclic) bond motifs is 2. The number of benzene rings is 2. The Hall–Kier alpha value is -3.48. The fourth-order valence-corrected chi connectivity index (χ4v) is 6.54. The van der Waals surface area contributed by atoms with Crippen LogP contribution in [0, 0.1) is 11.6 Å². The summed E-state index contributed by atoms with van der Waals surface area (Å²) in [6.07, 6.45) is 2.24. The van der Waals surface area contributed by atoms with Gasteiger partial charge in [-0.1, -0.05) is 26.8 Å². The lowest BCUT2D eigenvalue weighted by Crippen LogP contribution is -2.60. The minimum absolute atomic E-state index is 0.114. The molecule has 2 fully saturated rings. The second-order valence-corrected chi connectivity index (χ2v) is 11.8. The van der Waals surface area contributed by atoms with Crippen LogP contribution in [0.3, 0.4) is 0 Å². The number of hydrogen-bond donors (Lipinski definition) is 2. The minimum Gasteiger partial charge on any atom is -0.508 e. The molecule has 2 N–H and O–H groups in total. The molecule has 234 valence electrons. The summed E-state index contributed by atoms with van der Waals surface area (Å²) in [7, 11) is 0. The molecule has 0 aliphatic carbocycles. The number of halogens is 5. The van der Waals surface area contributed by atoms with Crippen molar-refractivity contribution in [2.75, 3.05) is 55.6 Å². The fourth-order valence-electron chi connectivity index (χ4n) is 6.36. The summed E-state index contributed by atoms with van der Waals surface area (Å²) in [5.74, 6) is -2.01. The summed E-state index contributed by atoms with van der Waals surface area (Å²) < 4.78 is 60.8. The van der Waals surface area contributed by atoms with Crippen LogP contribution in [-0.2, 0) is 5.38 Å². The molecule has 2 saturated heterocycles. The zero-order valence-corrected chi connectivity index (χ0v) is 25.5. The maximum absolute atomic E-state index is 15.6. The Balaban J connectivity index is 1.60. The third kappa shape index (κ3) is 5.37. The Labute approximate surface area is 257 Å². The Kier molecular flexibility index (Phi) is 8.18.